The maximum absolute atomic E-state index is 13.0. The normalized spacial score (nSPS) is 29.7. The van der Waals surface area contributed by atoms with E-state index in [2.05, 4.69) is 5.32 Å². The van der Waals surface area contributed by atoms with Crippen LogP contribution in [0.5, 0.6) is 0 Å². The maximum atomic E-state index is 13.0. The van der Waals surface area contributed by atoms with Gasteiger partial charge in [-0.05, 0) is 24.3 Å². The standard InChI is InChI=1S/C17H21FN2O5/c18-12-1-3-13(4-2-12)20-7-10(5-15(20)22)17(24)19-6-11-8-25-9-14(21)16(11)23/h1-4,10-11,14,16,21,23H,5-9H2,(H,19,24)/t10?,11-,14-,16+/m1/s1. The molecule has 136 valence electrons. The zero-order chi connectivity index (χ0) is 18.0. The van der Waals surface area contributed by atoms with Gasteiger partial charge < -0.3 is 25.2 Å². The Morgan fingerprint density at radius 3 is 2.72 bits per heavy atom. The molecule has 0 radical (unpaired) electrons. The first-order chi connectivity index (χ1) is 12.0. The molecule has 1 aromatic carbocycles. The molecule has 0 aliphatic carbocycles. The molecule has 3 N–H and O–H groups in total. The zero-order valence-electron chi connectivity index (χ0n) is 13.6. The molecule has 2 heterocycles. The SMILES string of the molecule is O=C(NC[C@@H]1COC[C@@H](O)[C@H]1O)C1CC(=O)N(c2ccc(F)cc2)C1. The Bertz CT molecular complexity index is 638. The monoisotopic (exact) mass is 352 g/mol. The van der Waals surface area contributed by atoms with Crippen LogP contribution in [0.1, 0.15) is 6.42 Å². The lowest BCUT2D eigenvalue weighted by molar-refractivity contribution is -0.131. The number of aliphatic hydroxyl groups excluding tert-OH is 2. The van der Waals surface area contributed by atoms with E-state index in [4.69, 9.17) is 4.74 Å². The number of benzene rings is 1. The van der Waals surface area contributed by atoms with Crippen LogP contribution >= 0.6 is 0 Å². The van der Waals surface area contributed by atoms with Gasteiger partial charge in [-0.1, -0.05) is 0 Å². The Morgan fingerprint density at radius 2 is 2.00 bits per heavy atom. The molecule has 2 aliphatic rings. The number of ether oxygens (including phenoxy) is 1. The second-order valence-corrected chi connectivity index (χ2v) is 6.48. The fourth-order valence-corrected chi connectivity index (χ4v) is 3.16. The largest absolute Gasteiger partial charge is 0.390 e. The first kappa shape index (κ1) is 17.8. The van der Waals surface area contributed by atoms with Gasteiger partial charge in [-0.2, -0.15) is 0 Å². The van der Waals surface area contributed by atoms with Crippen LogP contribution in [0.3, 0.4) is 0 Å². The number of aliphatic hydroxyl groups is 2. The van der Waals surface area contributed by atoms with Gasteiger partial charge in [0.1, 0.15) is 11.9 Å². The molecule has 0 saturated carbocycles. The van der Waals surface area contributed by atoms with Crippen LogP contribution in [-0.2, 0) is 14.3 Å². The summed E-state index contributed by atoms with van der Waals surface area (Å²) in [5.74, 6) is -1.77. The number of amides is 2. The molecule has 3 rings (SSSR count). The fourth-order valence-electron chi connectivity index (χ4n) is 3.16. The van der Waals surface area contributed by atoms with E-state index in [9.17, 15) is 24.2 Å². The number of hydrogen-bond donors (Lipinski definition) is 3. The molecule has 4 atom stereocenters. The van der Waals surface area contributed by atoms with Gasteiger partial charge in [0.25, 0.3) is 0 Å². The minimum Gasteiger partial charge on any atom is -0.390 e. The quantitative estimate of drug-likeness (QED) is 0.689. The Morgan fingerprint density at radius 1 is 1.28 bits per heavy atom. The highest BCUT2D eigenvalue weighted by atomic mass is 19.1. The molecule has 0 aromatic heterocycles. The summed E-state index contributed by atoms with van der Waals surface area (Å²) in [5.41, 5.74) is 0.556. The van der Waals surface area contributed by atoms with E-state index >= 15 is 0 Å². The molecular formula is C17H21FN2O5. The van der Waals surface area contributed by atoms with Crippen molar-refractivity contribution in [1.82, 2.24) is 5.32 Å². The van der Waals surface area contributed by atoms with E-state index in [1.54, 1.807) is 0 Å². The van der Waals surface area contributed by atoms with Crippen molar-refractivity contribution in [2.45, 2.75) is 18.6 Å². The van der Waals surface area contributed by atoms with Crippen LogP contribution in [0.15, 0.2) is 24.3 Å². The third-order valence-corrected chi connectivity index (χ3v) is 4.67. The number of anilines is 1. The molecule has 0 bridgehead atoms. The molecule has 0 spiro atoms. The van der Waals surface area contributed by atoms with Crippen molar-refractivity contribution in [2.24, 2.45) is 11.8 Å². The number of hydrogen-bond acceptors (Lipinski definition) is 5. The molecule has 8 heteroatoms. The van der Waals surface area contributed by atoms with Crippen LogP contribution in [0.4, 0.5) is 10.1 Å². The smallest absolute Gasteiger partial charge is 0.227 e. The minimum absolute atomic E-state index is 0.0787. The number of carbonyl (C=O) groups excluding carboxylic acids is 2. The van der Waals surface area contributed by atoms with Gasteiger partial charge in [-0.3, -0.25) is 9.59 Å². The average molecular weight is 352 g/mol. The predicted octanol–water partition coefficient (Wildman–Crippen LogP) is -0.337. The van der Waals surface area contributed by atoms with Crippen molar-refractivity contribution < 1.29 is 28.9 Å². The van der Waals surface area contributed by atoms with Gasteiger partial charge in [0.15, 0.2) is 0 Å². The van der Waals surface area contributed by atoms with Gasteiger partial charge in [0.2, 0.25) is 11.8 Å². The van der Waals surface area contributed by atoms with Crippen molar-refractivity contribution in [3.8, 4) is 0 Å². The van der Waals surface area contributed by atoms with E-state index in [0.29, 0.717) is 5.69 Å². The summed E-state index contributed by atoms with van der Waals surface area (Å²) in [7, 11) is 0. The molecule has 1 unspecified atom stereocenters. The van der Waals surface area contributed by atoms with Crippen LogP contribution in [0.2, 0.25) is 0 Å². The molecule has 25 heavy (non-hydrogen) atoms. The predicted molar refractivity (Wildman–Crippen MR) is 86.2 cm³/mol. The van der Waals surface area contributed by atoms with Crippen molar-refractivity contribution in [3.05, 3.63) is 30.1 Å². The number of carbonyl (C=O) groups is 2. The Kier molecular flexibility index (Phi) is 5.31. The summed E-state index contributed by atoms with van der Waals surface area (Å²) in [6.45, 7) is 0.722. The molecular weight excluding hydrogens is 331 g/mol. The van der Waals surface area contributed by atoms with Gasteiger partial charge in [-0.15, -0.1) is 0 Å². The molecule has 1 aromatic rings. The van der Waals surface area contributed by atoms with E-state index in [-0.39, 0.29) is 50.4 Å². The third-order valence-electron chi connectivity index (χ3n) is 4.67. The zero-order valence-corrected chi connectivity index (χ0v) is 13.6. The van der Waals surface area contributed by atoms with Crippen molar-refractivity contribution in [1.29, 1.82) is 0 Å². The van der Waals surface area contributed by atoms with E-state index < -0.39 is 24.0 Å². The lowest BCUT2D eigenvalue weighted by Crippen LogP contribution is -2.49. The third kappa shape index (κ3) is 3.97. The summed E-state index contributed by atoms with van der Waals surface area (Å²) in [5, 5.41) is 22.2. The highest BCUT2D eigenvalue weighted by Gasteiger charge is 2.36. The molecule has 2 fully saturated rings. The van der Waals surface area contributed by atoms with Crippen molar-refractivity contribution in [3.63, 3.8) is 0 Å². The average Bonchev–Trinajstić information content (AvgIpc) is 2.98. The lowest BCUT2D eigenvalue weighted by Gasteiger charge is -2.32. The number of halogens is 1. The van der Waals surface area contributed by atoms with Crippen LogP contribution < -0.4 is 10.2 Å². The lowest BCUT2D eigenvalue weighted by atomic mass is 9.96. The van der Waals surface area contributed by atoms with Gasteiger partial charge in [0, 0.05) is 31.1 Å². The Hall–Kier alpha value is -2.03. The summed E-state index contributed by atoms with van der Waals surface area (Å²) in [6, 6.07) is 5.55. The molecule has 2 aliphatic heterocycles. The summed E-state index contributed by atoms with van der Waals surface area (Å²) < 4.78 is 18.2. The first-order valence-electron chi connectivity index (χ1n) is 8.23. The van der Waals surface area contributed by atoms with Gasteiger partial charge in [-0.25, -0.2) is 4.39 Å². The van der Waals surface area contributed by atoms with Gasteiger partial charge >= 0.3 is 0 Å². The summed E-state index contributed by atoms with van der Waals surface area (Å²) >= 11 is 0. The molecule has 7 nitrogen and oxygen atoms in total. The fraction of sp³-hybridized carbons (Fsp3) is 0.529. The molecule has 2 saturated heterocycles. The summed E-state index contributed by atoms with van der Waals surface area (Å²) in [4.78, 5) is 25.9. The van der Waals surface area contributed by atoms with Crippen LogP contribution in [0.25, 0.3) is 0 Å². The highest BCUT2D eigenvalue weighted by Crippen LogP contribution is 2.25. The van der Waals surface area contributed by atoms with Crippen LogP contribution in [-0.4, -0.2) is 60.5 Å². The number of rotatable bonds is 4. The first-order valence-corrected chi connectivity index (χ1v) is 8.23. The summed E-state index contributed by atoms with van der Waals surface area (Å²) in [6.07, 6.45) is -1.83. The van der Waals surface area contributed by atoms with Crippen LogP contribution in [0, 0.1) is 17.7 Å². The van der Waals surface area contributed by atoms with E-state index in [0.717, 1.165) is 0 Å². The number of nitrogens with zero attached hydrogens (tertiary/aromatic N) is 1. The second-order valence-electron chi connectivity index (χ2n) is 6.48. The van der Waals surface area contributed by atoms with E-state index in [1.165, 1.54) is 29.2 Å². The van der Waals surface area contributed by atoms with Crippen molar-refractivity contribution >= 4 is 17.5 Å². The minimum atomic E-state index is -0.960. The number of nitrogens with one attached hydrogen (secondary N) is 1. The van der Waals surface area contributed by atoms with Crippen molar-refractivity contribution in [2.75, 3.05) is 31.2 Å². The highest BCUT2D eigenvalue weighted by molar-refractivity contribution is 6.00. The second kappa shape index (κ2) is 7.47. The Labute approximate surface area is 144 Å². The molecule has 2 amide bonds. The maximum Gasteiger partial charge on any atom is 0.227 e. The van der Waals surface area contributed by atoms with E-state index in [1.807, 2.05) is 0 Å². The topological polar surface area (TPSA) is 99.1 Å². The Balaban J connectivity index is 1.55. The van der Waals surface area contributed by atoms with Gasteiger partial charge in [0.05, 0.1) is 25.2 Å².